The van der Waals surface area contributed by atoms with Gasteiger partial charge in [-0.25, -0.2) is 0 Å². The molecular weight excluding hydrogens is 490 g/mol. The standard InChI is InChI=1S/C29H43NO8/c1-18(17-35-24(31)20-11-9-8-10-12-20)36-25(32)21(30)15-19-13-14-22(37-26(33)28(2,3)4)23(16-19)38-27(34)29(5,6)7/h13-14,16,18,20-21H,8-12,15,17,30H2,1-7H3/t18-,21-/m0/s1. The van der Waals surface area contributed by atoms with E-state index in [-0.39, 0.29) is 36.4 Å². The van der Waals surface area contributed by atoms with Gasteiger partial charge in [0.05, 0.1) is 16.7 Å². The van der Waals surface area contributed by atoms with Crippen LogP contribution in [0.25, 0.3) is 0 Å². The van der Waals surface area contributed by atoms with E-state index in [0.29, 0.717) is 5.56 Å². The molecule has 2 rings (SSSR count). The van der Waals surface area contributed by atoms with Crippen molar-refractivity contribution >= 4 is 23.9 Å². The maximum Gasteiger partial charge on any atom is 0.323 e. The Labute approximate surface area is 225 Å². The van der Waals surface area contributed by atoms with Gasteiger partial charge in [-0.2, -0.15) is 0 Å². The van der Waals surface area contributed by atoms with Crippen LogP contribution in [-0.2, 0) is 35.1 Å². The average molecular weight is 534 g/mol. The zero-order valence-corrected chi connectivity index (χ0v) is 23.8. The summed E-state index contributed by atoms with van der Waals surface area (Å²) < 4.78 is 21.8. The van der Waals surface area contributed by atoms with Gasteiger partial charge < -0.3 is 24.7 Å². The van der Waals surface area contributed by atoms with Crippen LogP contribution in [0.15, 0.2) is 18.2 Å². The SMILES string of the molecule is C[C@@H](COC(=O)C1CCCCC1)OC(=O)[C@@H](N)Cc1ccc(OC(=O)C(C)(C)C)c(OC(=O)C(C)(C)C)c1. The van der Waals surface area contributed by atoms with Crippen molar-refractivity contribution in [2.45, 2.75) is 99.1 Å². The van der Waals surface area contributed by atoms with Crippen molar-refractivity contribution in [3.8, 4) is 11.5 Å². The van der Waals surface area contributed by atoms with E-state index in [0.717, 1.165) is 32.1 Å². The van der Waals surface area contributed by atoms with Crippen LogP contribution in [0.2, 0.25) is 0 Å². The minimum absolute atomic E-state index is 0.0332. The van der Waals surface area contributed by atoms with Gasteiger partial charge in [0.2, 0.25) is 0 Å². The highest BCUT2D eigenvalue weighted by molar-refractivity contribution is 5.81. The summed E-state index contributed by atoms with van der Waals surface area (Å²) in [6.07, 6.45) is 4.29. The third-order valence-corrected chi connectivity index (χ3v) is 6.11. The molecule has 1 aliphatic carbocycles. The molecule has 0 unspecified atom stereocenters. The summed E-state index contributed by atoms with van der Waals surface area (Å²) in [4.78, 5) is 49.8. The summed E-state index contributed by atoms with van der Waals surface area (Å²) in [5.74, 6) is -1.83. The molecule has 0 saturated heterocycles. The molecule has 0 spiro atoms. The van der Waals surface area contributed by atoms with Gasteiger partial charge in [-0.05, 0) is 85.4 Å². The lowest BCUT2D eigenvalue weighted by Gasteiger charge is -2.22. The fourth-order valence-corrected chi connectivity index (χ4v) is 3.66. The van der Waals surface area contributed by atoms with Crippen LogP contribution in [-0.4, -0.2) is 42.6 Å². The molecule has 0 bridgehead atoms. The van der Waals surface area contributed by atoms with Gasteiger partial charge in [-0.3, -0.25) is 19.2 Å². The molecule has 1 aromatic carbocycles. The smallest absolute Gasteiger partial charge is 0.323 e. The first-order chi connectivity index (χ1) is 17.6. The first kappa shape index (κ1) is 31.3. The Morgan fingerprint density at radius 2 is 1.45 bits per heavy atom. The molecule has 0 aromatic heterocycles. The molecule has 0 aliphatic heterocycles. The Bertz CT molecular complexity index is 999. The first-order valence-corrected chi connectivity index (χ1v) is 13.3. The highest BCUT2D eigenvalue weighted by atomic mass is 16.6. The molecule has 0 radical (unpaired) electrons. The van der Waals surface area contributed by atoms with Crippen LogP contribution in [0.5, 0.6) is 11.5 Å². The molecule has 212 valence electrons. The van der Waals surface area contributed by atoms with Crippen molar-refractivity contribution in [3.05, 3.63) is 23.8 Å². The summed E-state index contributed by atoms with van der Waals surface area (Å²) in [6, 6.07) is 3.66. The lowest BCUT2D eigenvalue weighted by molar-refractivity contribution is -0.161. The molecule has 1 aliphatic rings. The number of carbonyl (C=O) groups is 4. The Balaban J connectivity index is 2.03. The Hall–Kier alpha value is -2.94. The number of rotatable bonds is 9. The van der Waals surface area contributed by atoms with E-state index < -0.39 is 40.9 Å². The maximum atomic E-state index is 12.6. The van der Waals surface area contributed by atoms with Crippen LogP contribution < -0.4 is 15.2 Å². The van der Waals surface area contributed by atoms with Crippen molar-refractivity contribution in [1.29, 1.82) is 0 Å². The lowest BCUT2D eigenvalue weighted by Crippen LogP contribution is -2.37. The quantitative estimate of drug-likeness (QED) is 0.359. The Morgan fingerprint density at radius 1 is 0.895 bits per heavy atom. The van der Waals surface area contributed by atoms with Crippen LogP contribution in [0.3, 0.4) is 0 Å². The largest absolute Gasteiger partial charge is 0.462 e. The van der Waals surface area contributed by atoms with Gasteiger partial charge in [-0.15, -0.1) is 0 Å². The molecule has 2 N–H and O–H groups in total. The molecule has 0 amide bonds. The normalized spacial score (nSPS) is 16.2. The maximum absolute atomic E-state index is 12.6. The predicted octanol–water partition coefficient (Wildman–Crippen LogP) is 4.51. The third kappa shape index (κ3) is 9.74. The minimum Gasteiger partial charge on any atom is -0.462 e. The van der Waals surface area contributed by atoms with Crippen LogP contribution in [0.1, 0.15) is 86.1 Å². The number of nitrogens with two attached hydrogens (primary N) is 1. The van der Waals surface area contributed by atoms with Crippen LogP contribution in [0.4, 0.5) is 0 Å². The fourth-order valence-electron chi connectivity index (χ4n) is 3.66. The van der Waals surface area contributed by atoms with Gasteiger partial charge in [0.15, 0.2) is 11.5 Å². The van der Waals surface area contributed by atoms with Crippen LogP contribution in [0, 0.1) is 16.7 Å². The van der Waals surface area contributed by atoms with Crippen molar-refractivity contribution in [3.63, 3.8) is 0 Å². The average Bonchev–Trinajstić information content (AvgIpc) is 2.83. The molecule has 38 heavy (non-hydrogen) atoms. The summed E-state index contributed by atoms with van der Waals surface area (Å²) in [5.41, 5.74) is 5.11. The van der Waals surface area contributed by atoms with Gasteiger partial charge in [0.25, 0.3) is 0 Å². The zero-order valence-electron chi connectivity index (χ0n) is 23.8. The Morgan fingerprint density at radius 3 is 2.00 bits per heavy atom. The van der Waals surface area contributed by atoms with Crippen molar-refractivity contribution in [2.24, 2.45) is 22.5 Å². The van der Waals surface area contributed by atoms with E-state index in [4.69, 9.17) is 24.7 Å². The number of hydrogen-bond acceptors (Lipinski definition) is 9. The van der Waals surface area contributed by atoms with E-state index in [2.05, 4.69) is 0 Å². The van der Waals surface area contributed by atoms with E-state index in [1.54, 1.807) is 54.5 Å². The van der Waals surface area contributed by atoms with Gasteiger partial charge >= 0.3 is 23.9 Å². The minimum atomic E-state index is -1.01. The highest BCUT2D eigenvalue weighted by Gasteiger charge is 2.29. The molecule has 1 aromatic rings. The van der Waals surface area contributed by atoms with Crippen molar-refractivity contribution in [2.75, 3.05) is 6.61 Å². The molecule has 2 atom stereocenters. The third-order valence-electron chi connectivity index (χ3n) is 6.11. The summed E-state index contributed by atoms with van der Waals surface area (Å²) in [5, 5.41) is 0. The number of carbonyl (C=O) groups excluding carboxylic acids is 4. The number of ether oxygens (including phenoxy) is 4. The monoisotopic (exact) mass is 533 g/mol. The van der Waals surface area contributed by atoms with Crippen LogP contribution >= 0.6 is 0 Å². The highest BCUT2D eigenvalue weighted by Crippen LogP contribution is 2.33. The second kappa shape index (κ2) is 13.2. The Kier molecular flexibility index (Phi) is 10.9. The molecule has 1 saturated carbocycles. The number of esters is 4. The molecule has 0 heterocycles. The van der Waals surface area contributed by atoms with Gasteiger partial charge in [0.1, 0.15) is 18.8 Å². The molecular formula is C29H43NO8. The van der Waals surface area contributed by atoms with Crippen molar-refractivity contribution < 1.29 is 38.1 Å². The summed E-state index contributed by atoms with van der Waals surface area (Å²) in [7, 11) is 0. The summed E-state index contributed by atoms with van der Waals surface area (Å²) in [6.45, 7) is 11.9. The van der Waals surface area contributed by atoms with E-state index >= 15 is 0 Å². The van der Waals surface area contributed by atoms with E-state index in [1.807, 2.05) is 0 Å². The second-order valence-electron chi connectivity index (χ2n) is 12.1. The number of hydrogen-bond donors (Lipinski definition) is 1. The molecule has 9 heteroatoms. The van der Waals surface area contributed by atoms with Gasteiger partial charge in [-0.1, -0.05) is 25.3 Å². The molecule has 9 nitrogen and oxygen atoms in total. The summed E-state index contributed by atoms with van der Waals surface area (Å²) >= 11 is 0. The van der Waals surface area contributed by atoms with Crippen molar-refractivity contribution in [1.82, 2.24) is 0 Å². The topological polar surface area (TPSA) is 131 Å². The first-order valence-electron chi connectivity index (χ1n) is 13.3. The van der Waals surface area contributed by atoms with Gasteiger partial charge in [0, 0.05) is 0 Å². The molecule has 1 fully saturated rings. The fraction of sp³-hybridized carbons (Fsp3) is 0.655. The zero-order chi connectivity index (χ0) is 28.7. The van der Waals surface area contributed by atoms with E-state index in [1.165, 1.54) is 12.1 Å². The second-order valence-corrected chi connectivity index (χ2v) is 12.1. The predicted molar refractivity (Wildman–Crippen MR) is 141 cm³/mol. The van der Waals surface area contributed by atoms with E-state index in [9.17, 15) is 19.2 Å². The number of benzene rings is 1. The lowest BCUT2D eigenvalue weighted by atomic mass is 9.89.